The number of piperazine rings is 1. The second kappa shape index (κ2) is 8.32. The normalized spacial score (nSPS) is 22.3. The van der Waals surface area contributed by atoms with Gasteiger partial charge < -0.3 is 20.0 Å². The lowest BCUT2D eigenvalue weighted by molar-refractivity contribution is 0.0922. The lowest BCUT2D eigenvalue weighted by atomic mass is 10.0. The van der Waals surface area contributed by atoms with E-state index < -0.39 is 0 Å². The third-order valence-corrected chi connectivity index (χ3v) is 6.09. The molecule has 6 heteroatoms. The maximum Gasteiger partial charge on any atom is 0.322 e. The molecule has 0 unspecified atom stereocenters. The van der Waals surface area contributed by atoms with Crippen LogP contribution in [0.25, 0.3) is 0 Å². The Morgan fingerprint density at radius 3 is 2.44 bits per heavy atom. The summed E-state index contributed by atoms with van der Waals surface area (Å²) in [6.07, 6.45) is 0. The highest BCUT2D eigenvalue weighted by Crippen LogP contribution is 2.23. The largest absolute Gasteiger partial charge is 0.370 e. The van der Waals surface area contributed by atoms with E-state index in [4.69, 9.17) is 0 Å². The van der Waals surface area contributed by atoms with Crippen LogP contribution in [0.15, 0.2) is 24.3 Å². The number of benzene rings is 1. The molecule has 0 saturated carbocycles. The Labute approximate surface area is 155 Å². The van der Waals surface area contributed by atoms with E-state index in [9.17, 15) is 4.79 Å². The SMILES string of the molecule is CC(C)[C@H]1CN(C)CCN1C(=O)Nc1ccc(N2CCSCC2)cc1. The van der Waals surface area contributed by atoms with Gasteiger partial charge in [0.2, 0.25) is 0 Å². The molecule has 1 aromatic carbocycles. The Morgan fingerprint density at radius 2 is 1.80 bits per heavy atom. The molecule has 25 heavy (non-hydrogen) atoms. The number of anilines is 2. The van der Waals surface area contributed by atoms with Gasteiger partial charge in [0.25, 0.3) is 0 Å². The highest BCUT2D eigenvalue weighted by molar-refractivity contribution is 7.99. The van der Waals surface area contributed by atoms with Gasteiger partial charge in [-0.3, -0.25) is 0 Å². The van der Waals surface area contributed by atoms with Gasteiger partial charge in [0.05, 0.1) is 0 Å². The van der Waals surface area contributed by atoms with Crippen LogP contribution in [0.1, 0.15) is 13.8 Å². The molecule has 2 heterocycles. The fourth-order valence-electron chi connectivity index (χ4n) is 3.55. The summed E-state index contributed by atoms with van der Waals surface area (Å²) in [4.78, 5) is 19.5. The summed E-state index contributed by atoms with van der Waals surface area (Å²) in [5, 5.41) is 3.09. The van der Waals surface area contributed by atoms with Crippen LogP contribution in [0.3, 0.4) is 0 Å². The van der Waals surface area contributed by atoms with Crippen molar-refractivity contribution in [2.24, 2.45) is 5.92 Å². The summed E-state index contributed by atoms with van der Waals surface area (Å²) < 4.78 is 0. The first-order valence-corrected chi connectivity index (χ1v) is 10.4. The molecule has 138 valence electrons. The second-order valence-corrected chi connectivity index (χ2v) is 8.57. The minimum Gasteiger partial charge on any atom is -0.370 e. The molecule has 0 bridgehead atoms. The first-order valence-electron chi connectivity index (χ1n) is 9.23. The third kappa shape index (κ3) is 4.61. The summed E-state index contributed by atoms with van der Waals surface area (Å²) in [5.74, 6) is 2.84. The van der Waals surface area contributed by atoms with Crippen LogP contribution in [0.2, 0.25) is 0 Å². The Bertz CT molecular complexity index is 571. The molecule has 2 aliphatic heterocycles. The van der Waals surface area contributed by atoms with E-state index in [1.54, 1.807) is 0 Å². The zero-order chi connectivity index (χ0) is 17.8. The minimum absolute atomic E-state index is 0.0222. The summed E-state index contributed by atoms with van der Waals surface area (Å²) in [6, 6.07) is 8.58. The molecule has 2 amide bonds. The maximum atomic E-state index is 12.8. The summed E-state index contributed by atoms with van der Waals surface area (Å²) in [6.45, 7) is 9.25. The first kappa shape index (κ1) is 18.4. The van der Waals surface area contributed by atoms with Crippen LogP contribution >= 0.6 is 11.8 Å². The number of amides is 2. The summed E-state index contributed by atoms with van der Waals surface area (Å²) in [5.41, 5.74) is 2.12. The molecule has 5 nitrogen and oxygen atoms in total. The fraction of sp³-hybridized carbons (Fsp3) is 0.632. The molecule has 1 atom stereocenters. The number of likely N-dealkylation sites (N-methyl/N-ethyl adjacent to an activating group) is 1. The summed E-state index contributed by atoms with van der Waals surface area (Å²) >= 11 is 2.02. The Kier molecular flexibility index (Phi) is 6.12. The van der Waals surface area contributed by atoms with E-state index in [1.807, 2.05) is 28.8 Å². The van der Waals surface area contributed by atoms with E-state index in [1.165, 1.54) is 17.2 Å². The van der Waals surface area contributed by atoms with Crippen LogP contribution in [0.4, 0.5) is 16.2 Å². The first-order chi connectivity index (χ1) is 12.0. The van der Waals surface area contributed by atoms with Crippen molar-refractivity contribution < 1.29 is 4.79 Å². The maximum absolute atomic E-state index is 12.8. The van der Waals surface area contributed by atoms with E-state index in [-0.39, 0.29) is 12.1 Å². The van der Waals surface area contributed by atoms with Gasteiger partial charge >= 0.3 is 6.03 Å². The molecular formula is C19H30N4OS. The van der Waals surface area contributed by atoms with E-state index >= 15 is 0 Å². The molecule has 0 spiro atoms. The molecule has 3 rings (SSSR count). The van der Waals surface area contributed by atoms with E-state index in [2.05, 4.69) is 48.1 Å². The molecule has 0 aromatic heterocycles. The van der Waals surface area contributed by atoms with Crippen LogP contribution in [0.5, 0.6) is 0 Å². The lowest BCUT2D eigenvalue weighted by Crippen LogP contribution is -2.57. The number of nitrogens with one attached hydrogen (secondary N) is 1. The number of carbonyl (C=O) groups is 1. The predicted octanol–water partition coefficient (Wildman–Crippen LogP) is 3.04. The molecular weight excluding hydrogens is 332 g/mol. The highest BCUT2D eigenvalue weighted by Gasteiger charge is 2.31. The zero-order valence-electron chi connectivity index (χ0n) is 15.6. The zero-order valence-corrected chi connectivity index (χ0v) is 16.4. The van der Waals surface area contributed by atoms with Crippen molar-refractivity contribution in [2.75, 3.05) is 61.5 Å². The van der Waals surface area contributed by atoms with Crippen LogP contribution in [-0.2, 0) is 0 Å². The number of thioether (sulfide) groups is 1. The van der Waals surface area contributed by atoms with Crippen molar-refractivity contribution in [3.05, 3.63) is 24.3 Å². The van der Waals surface area contributed by atoms with Crippen molar-refractivity contribution in [3.63, 3.8) is 0 Å². The standard InChI is InChI=1S/C19H30N4OS/c1-15(2)18-14-21(3)8-9-23(18)19(24)20-16-4-6-17(7-5-16)22-10-12-25-13-11-22/h4-7,15,18H,8-14H2,1-3H3,(H,20,24)/t18-/m1/s1. The smallest absolute Gasteiger partial charge is 0.322 e. The van der Waals surface area contributed by atoms with Gasteiger partial charge in [0.15, 0.2) is 0 Å². The van der Waals surface area contributed by atoms with Crippen molar-refractivity contribution >= 4 is 29.2 Å². The number of carbonyl (C=O) groups excluding carboxylic acids is 1. The van der Waals surface area contributed by atoms with E-state index in [0.29, 0.717) is 5.92 Å². The molecule has 2 fully saturated rings. The van der Waals surface area contributed by atoms with Gasteiger partial charge in [-0.1, -0.05) is 13.8 Å². The van der Waals surface area contributed by atoms with Crippen molar-refractivity contribution in [1.82, 2.24) is 9.80 Å². The lowest BCUT2D eigenvalue weighted by Gasteiger charge is -2.42. The van der Waals surface area contributed by atoms with Gasteiger partial charge in [-0.25, -0.2) is 4.79 Å². The van der Waals surface area contributed by atoms with E-state index in [0.717, 1.165) is 38.4 Å². The third-order valence-electron chi connectivity index (χ3n) is 5.15. The van der Waals surface area contributed by atoms with Crippen molar-refractivity contribution in [1.29, 1.82) is 0 Å². The molecule has 1 N–H and O–H groups in total. The fourth-order valence-corrected chi connectivity index (χ4v) is 4.45. The van der Waals surface area contributed by atoms with Gasteiger partial charge in [0, 0.05) is 61.6 Å². The van der Waals surface area contributed by atoms with Crippen LogP contribution in [0, 0.1) is 5.92 Å². The predicted molar refractivity (Wildman–Crippen MR) is 108 cm³/mol. The Hall–Kier alpha value is -1.40. The average molecular weight is 363 g/mol. The van der Waals surface area contributed by atoms with Crippen LogP contribution < -0.4 is 10.2 Å². The van der Waals surface area contributed by atoms with Gasteiger partial charge in [0.1, 0.15) is 0 Å². The quantitative estimate of drug-likeness (QED) is 0.897. The molecule has 0 aliphatic carbocycles. The topological polar surface area (TPSA) is 38.8 Å². The highest BCUT2D eigenvalue weighted by atomic mass is 32.2. The number of hydrogen-bond acceptors (Lipinski definition) is 4. The second-order valence-electron chi connectivity index (χ2n) is 7.34. The number of urea groups is 1. The van der Waals surface area contributed by atoms with Gasteiger partial charge in [-0.15, -0.1) is 0 Å². The van der Waals surface area contributed by atoms with Gasteiger partial charge in [-0.05, 0) is 37.2 Å². The number of rotatable bonds is 3. The average Bonchev–Trinajstić information content (AvgIpc) is 2.63. The van der Waals surface area contributed by atoms with Crippen LogP contribution in [-0.4, -0.2) is 73.1 Å². The number of hydrogen-bond donors (Lipinski definition) is 1. The van der Waals surface area contributed by atoms with Crippen molar-refractivity contribution in [2.45, 2.75) is 19.9 Å². The van der Waals surface area contributed by atoms with Crippen molar-refractivity contribution in [3.8, 4) is 0 Å². The Morgan fingerprint density at radius 1 is 1.12 bits per heavy atom. The summed E-state index contributed by atoms with van der Waals surface area (Å²) in [7, 11) is 2.13. The molecule has 1 aromatic rings. The Balaban J connectivity index is 1.62. The molecule has 0 radical (unpaired) electrons. The molecule has 2 saturated heterocycles. The number of nitrogens with zero attached hydrogens (tertiary/aromatic N) is 3. The minimum atomic E-state index is 0.0222. The molecule has 2 aliphatic rings. The van der Waals surface area contributed by atoms with Gasteiger partial charge in [-0.2, -0.15) is 11.8 Å². The monoisotopic (exact) mass is 362 g/mol.